The van der Waals surface area contributed by atoms with E-state index in [2.05, 4.69) is 19.9 Å². The summed E-state index contributed by atoms with van der Waals surface area (Å²) in [6, 6.07) is 3.28. The highest BCUT2D eigenvalue weighted by Gasteiger charge is 2.29. The van der Waals surface area contributed by atoms with Gasteiger partial charge in [0.2, 0.25) is 0 Å². The van der Waals surface area contributed by atoms with E-state index in [1.807, 2.05) is 11.8 Å². The summed E-state index contributed by atoms with van der Waals surface area (Å²) in [6.45, 7) is 2.60. The van der Waals surface area contributed by atoms with E-state index >= 15 is 0 Å². The lowest BCUT2D eigenvalue weighted by molar-refractivity contribution is 0.411. The Hall–Kier alpha value is -2.51. The lowest BCUT2D eigenvalue weighted by Crippen LogP contribution is -2.35. The number of fused-ring (bicyclic) bond motifs is 1. The molecule has 0 fully saturated rings. The van der Waals surface area contributed by atoms with Crippen molar-refractivity contribution in [3.63, 3.8) is 0 Å². The summed E-state index contributed by atoms with van der Waals surface area (Å²) in [5, 5.41) is -0.159. The van der Waals surface area contributed by atoms with Gasteiger partial charge in [0.25, 0.3) is 0 Å². The first-order valence-electron chi connectivity index (χ1n) is 8.62. The number of halogens is 3. The maximum absolute atomic E-state index is 14.4. The zero-order valence-corrected chi connectivity index (χ0v) is 16.7. The van der Waals surface area contributed by atoms with Crippen molar-refractivity contribution in [2.75, 3.05) is 18.6 Å². The first-order chi connectivity index (χ1) is 13.5. The molecule has 0 radical (unpaired) electrons. The highest BCUT2D eigenvalue weighted by Crippen LogP contribution is 2.43. The molecule has 0 amide bonds. The largest absolute Gasteiger partial charge is 0.495 e. The van der Waals surface area contributed by atoms with Gasteiger partial charge in [-0.1, -0.05) is 23.2 Å². The first-order valence-corrected chi connectivity index (χ1v) is 9.38. The van der Waals surface area contributed by atoms with Crippen LogP contribution in [0.3, 0.4) is 0 Å². The van der Waals surface area contributed by atoms with E-state index in [-0.39, 0.29) is 21.8 Å². The Labute approximate surface area is 171 Å². The van der Waals surface area contributed by atoms with Crippen LogP contribution in [-0.4, -0.2) is 33.6 Å². The molecule has 0 spiro atoms. The number of ether oxygens (including phenoxy) is 1. The summed E-state index contributed by atoms with van der Waals surface area (Å²) in [5.41, 5.74) is 2.38. The Morgan fingerprint density at radius 1 is 1.14 bits per heavy atom. The Balaban J connectivity index is 1.72. The molecule has 0 bridgehead atoms. The second-order valence-corrected chi connectivity index (χ2v) is 7.08. The van der Waals surface area contributed by atoms with Crippen LogP contribution >= 0.6 is 23.2 Å². The van der Waals surface area contributed by atoms with Crippen molar-refractivity contribution in [3.05, 3.63) is 57.8 Å². The number of rotatable bonds is 3. The molecule has 3 aromatic rings. The second-order valence-electron chi connectivity index (χ2n) is 6.33. The summed E-state index contributed by atoms with van der Waals surface area (Å²) >= 11 is 12.2. The molecule has 1 aliphatic rings. The van der Waals surface area contributed by atoms with Gasteiger partial charge in [0, 0.05) is 43.2 Å². The number of hydrogen-bond acceptors (Lipinski definition) is 6. The molecule has 4 rings (SSSR count). The van der Waals surface area contributed by atoms with Crippen LogP contribution in [-0.2, 0) is 6.42 Å². The SMILES string of the molecule is COc1cc(N2CCc3nc(-c4ncccn4)ncc3C2C)c(Cl)c(F)c1Cl. The van der Waals surface area contributed by atoms with Crippen LogP contribution in [0.2, 0.25) is 10.0 Å². The number of hydrogen-bond donors (Lipinski definition) is 0. The predicted molar refractivity (Wildman–Crippen MR) is 105 cm³/mol. The molecule has 2 aromatic heterocycles. The first kappa shape index (κ1) is 18.8. The van der Waals surface area contributed by atoms with Crippen molar-refractivity contribution in [3.8, 4) is 17.4 Å². The Morgan fingerprint density at radius 2 is 1.89 bits per heavy atom. The van der Waals surface area contributed by atoms with Gasteiger partial charge in [-0.3, -0.25) is 0 Å². The topological polar surface area (TPSA) is 64.0 Å². The van der Waals surface area contributed by atoms with Crippen LogP contribution < -0.4 is 9.64 Å². The van der Waals surface area contributed by atoms with Gasteiger partial charge in [0.1, 0.15) is 15.8 Å². The molecule has 9 heteroatoms. The predicted octanol–water partition coefficient (Wildman–Crippen LogP) is 4.51. The van der Waals surface area contributed by atoms with Crippen molar-refractivity contribution >= 4 is 28.9 Å². The van der Waals surface area contributed by atoms with Crippen molar-refractivity contribution in [2.24, 2.45) is 0 Å². The van der Waals surface area contributed by atoms with Crippen LogP contribution in [0.1, 0.15) is 24.2 Å². The van der Waals surface area contributed by atoms with Gasteiger partial charge in [-0.05, 0) is 13.0 Å². The fourth-order valence-corrected chi connectivity index (χ4v) is 3.87. The van der Waals surface area contributed by atoms with Crippen molar-refractivity contribution in [1.29, 1.82) is 0 Å². The fraction of sp³-hybridized carbons (Fsp3) is 0.263. The van der Waals surface area contributed by atoms with Gasteiger partial charge < -0.3 is 9.64 Å². The van der Waals surface area contributed by atoms with Crippen molar-refractivity contribution < 1.29 is 9.13 Å². The quantitative estimate of drug-likeness (QED) is 0.581. The average molecular weight is 420 g/mol. The molecule has 144 valence electrons. The van der Waals surface area contributed by atoms with E-state index in [0.29, 0.717) is 30.3 Å². The monoisotopic (exact) mass is 419 g/mol. The highest BCUT2D eigenvalue weighted by molar-refractivity contribution is 6.37. The summed E-state index contributed by atoms with van der Waals surface area (Å²) < 4.78 is 19.6. The molecule has 6 nitrogen and oxygen atoms in total. The smallest absolute Gasteiger partial charge is 0.197 e. The minimum Gasteiger partial charge on any atom is -0.495 e. The molecule has 28 heavy (non-hydrogen) atoms. The summed E-state index contributed by atoms with van der Waals surface area (Å²) in [6.07, 6.45) is 5.72. The molecular formula is C19H16Cl2FN5O. The van der Waals surface area contributed by atoms with Gasteiger partial charge in [0.15, 0.2) is 17.5 Å². The zero-order chi connectivity index (χ0) is 19.8. The zero-order valence-electron chi connectivity index (χ0n) is 15.2. The van der Waals surface area contributed by atoms with Crippen LogP contribution in [0.4, 0.5) is 10.1 Å². The number of aromatic nitrogens is 4. The maximum atomic E-state index is 14.4. The third-order valence-corrected chi connectivity index (χ3v) is 5.51. The van der Waals surface area contributed by atoms with Crippen LogP contribution in [0.25, 0.3) is 11.6 Å². The normalized spacial score (nSPS) is 16.0. The Morgan fingerprint density at radius 3 is 2.61 bits per heavy atom. The van der Waals surface area contributed by atoms with E-state index in [4.69, 9.17) is 27.9 Å². The number of nitrogens with zero attached hydrogens (tertiary/aromatic N) is 5. The molecule has 1 aromatic carbocycles. The molecule has 1 unspecified atom stereocenters. The standard InChI is InChI=1S/C19H16Cl2FN5O/c1-10-11-9-25-19(18-23-5-3-6-24-18)26-12(11)4-7-27(10)13-8-14(28-2)16(21)17(22)15(13)20/h3,5-6,8-10H,4,7H2,1-2H3. The van der Waals surface area contributed by atoms with Gasteiger partial charge in [-0.15, -0.1) is 0 Å². The third kappa shape index (κ3) is 3.14. The molecular weight excluding hydrogens is 404 g/mol. The summed E-state index contributed by atoms with van der Waals surface area (Å²) in [5.74, 6) is 0.512. The van der Waals surface area contributed by atoms with E-state index in [0.717, 1.165) is 11.3 Å². The van der Waals surface area contributed by atoms with Gasteiger partial charge >= 0.3 is 0 Å². The molecule has 1 atom stereocenters. The van der Waals surface area contributed by atoms with E-state index in [1.165, 1.54) is 7.11 Å². The molecule has 0 N–H and O–H groups in total. The second kappa shape index (κ2) is 7.48. The van der Waals surface area contributed by atoms with E-state index in [9.17, 15) is 4.39 Å². The van der Waals surface area contributed by atoms with E-state index < -0.39 is 5.82 Å². The number of methoxy groups -OCH3 is 1. The van der Waals surface area contributed by atoms with E-state index in [1.54, 1.807) is 30.7 Å². The molecule has 0 aliphatic carbocycles. The lowest BCUT2D eigenvalue weighted by atomic mass is 9.98. The number of benzene rings is 1. The molecule has 0 saturated heterocycles. The third-order valence-electron chi connectivity index (χ3n) is 4.80. The van der Waals surface area contributed by atoms with Crippen LogP contribution in [0.15, 0.2) is 30.7 Å². The molecule has 3 heterocycles. The fourth-order valence-electron chi connectivity index (χ4n) is 3.34. The van der Waals surface area contributed by atoms with Crippen molar-refractivity contribution in [1.82, 2.24) is 19.9 Å². The highest BCUT2D eigenvalue weighted by atomic mass is 35.5. The molecule has 1 aliphatic heterocycles. The summed E-state index contributed by atoms with van der Waals surface area (Å²) in [4.78, 5) is 19.4. The minimum absolute atomic E-state index is 0.0312. The van der Waals surface area contributed by atoms with Crippen LogP contribution in [0, 0.1) is 5.82 Å². The number of anilines is 1. The minimum atomic E-state index is -0.691. The summed E-state index contributed by atoms with van der Waals surface area (Å²) in [7, 11) is 1.44. The Bertz CT molecular complexity index is 1030. The van der Waals surface area contributed by atoms with Gasteiger partial charge in [0.05, 0.1) is 24.5 Å². The van der Waals surface area contributed by atoms with Crippen LogP contribution in [0.5, 0.6) is 5.75 Å². The maximum Gasteiger partial charge on any atom is 0.197 e. The van der Waals surface area contributed by atoms with Gasteiger partial charge in [-0.25, -0.2) is 24.3 Å². The molecule has 0 saturated carbocycles. The Kier molecular flexibility index (Phi) is 5.03. The van der Waals surface area contributed by atoms with Gasteiger partial charge in [-0.2, -0.15) is 0 Å². The average Bonchev–Trinajstić information content (AvgIpc) is 2.73. The lowest BCUT2D eigenvalue weighted by Gasteiger charge is -2.37. The van der Waals surface area contributed by atoms with Crippen molar-refractivity contribution in [2.45, 2.75) is 19.4 Å².